The number of rotatable bonds is 15. The molecule has 2 fully saturated rings. The molecule has 2 aliphatic heterocycles. The lowest BCUT2D eigenvalue weighted by Gasteiger charge is -2.36. The number of hydrogen-bond donors (Lipinski definition) is 2. The number of ketones is 1. The van der Waals surface area contributed by atoms with Crippen molar-refractivity contribution in [2.75, 3.05) is 58.2 Å². The van der Waals surface area contributed by atoms with E-state index < -0.39 is 12.2 Å². The summed E-state index contributed by atoms with van der Waals surface area (Å²) in [6, 6.07) is 16.1. The highest BCUT2D eigenvalue weighted by Crippen LogP contribution is 2.24. The van der Waals surface area contributed by atoms with E-state index in [1.54, 1.807) is 28.0 Å². The van der Waals surface area contributed by atoms with E-state index in [-0.39, 0.29) is 18.2 Å². The van der Waals surface area contributed by atoms with Gasteiger partial charge in [0.2, 0.25) is 6.41 Å². The van der Waals surface area contributed by atoms with E-state index in [2.05, 4.69) is 29.4 Å². The van der Waals surface area contributed by atoms with Gasteiger partial charge in [-0.1, -0.05) is 74.7 Å². The van der Waals surface area contributed by atoms with Crippen LogP contribution in [0, 0.1) is 0 Å². The summed E-state index contributed by atoms with van der Waals surface area (Å²) in [6.07, 6.45) is 8.72. The van der Waals surface area contributed by atoms with E-state index >= 15 is 0 Å². The summed E-state index contributed by atoms with van der Waals surface area (Å²) in [5.74, 6) is -0.232. The highest BCUT2D eigenvalue weighted by atomic mass is 35.5. The first kappa shape index (κ1) is 43.3. The van der Waals surface area contributed by atoms with E-state index in [4.69, 9.17) is 27.9 Å². The minimum absolute atomic E-state index is 0.140. The fraction of sp³-hybridized carbons (Fsp3) is 0.615. The average molecular weight is 735 g/mol. The number of halogens is 2. The molecular weight excluding hydrogens is 673 g/mol. The number of hydrogen-bond acceptors (Lipinski definition) is 7. The lowest BCUT2D eigenvalue weighted by molar-refractivity contribution is -0.126. The molecule has 1 atom stereocenters. The molecule has 280 valence electrons. The number of Topliss-reactive ketones (excluding diaryl/α,β-unsaturated/α-hetero) is 1. The Labute approximate surface area is 311 Å². The minimum atomic E-state index is -0.881. The second kappa shape index (κ2) is 25.2. The first-order valence-electron chi connectivity index (χ1n) is 18.5. The van der Waals surface area contributed by atoms with Gasteiger partial charge in [-0.05, 0) is 108 Å². The number of nitrogens with one attached hydrogen (secondary N) is 2. The van der Waals surface area contributed by atoms with Crippen molar-refractivity contribution in [3.8, 4) is 0 Å². The monoisotopic (exact) mass is 733 g/mol. The van der Waals surface area contributed by atoms with Crippen LogP contribution in [0.1, 0.15) is 84.6 Å². The molecule has 0 radical (unpaired) electrons. The molecule has 11 heteroatoms. The molecule has 2 aromatic rings. The summed E-state index contributed by atoms with van der Waals surface area (Å²) < 4.78 is 5.47. The van der Waals surface area contributed by atoms with Crippen molar-refractivity contribution in [3.63, 3.8) is 0 Å². The van der Waals surface area contributed by atoms with Gasteiger partial charge < -0.3 is 30.1 Å². The second-order valence-electron chi connectivity index (χ2n) is 13.0. The predicted molar refractivity (Wildman–Crippen MR) is 207 cm³/mol. The number of unbranched alkanes of at least 4 members (excludes halogenated alkanes) is 1. The SMILES string of the molecule is CCCCN(CCC)C1CCNCC1.CCCN(C=O)C1CCN(C(=O)O[C@H](Cc2ccc(Cl)c(Cl)c2)C(C)=O)CC1.CNc1ccccc1. The van der Waals surface area contributed by atoms with Crippen LogP contribution in [0.4, 0.5) is 10.5 Å². The number of likely N-dealkylation sites (tertiary alicyclic amines) is 1. The third-order valence-corrected chi connectivity index (χ3v) is 9.85. The minimum Gasteiger partial charge on any atom is -0.438 e. The Hall–Kier alpha value is -2.85. The van der Waals surface area contributed by atoms with Crippen molar-refractivity contribution in [1.29, 1.82) is 0 Å². The second-order valence-corrected chi connectivity index (χ2v) is 13.8. The Morgan fingerprint density at radius 1 is 0.920 bits per heavy atom. The zero-order valence-corrected chi connectivity index (χ0v) is 32.5. The zero-order chi connectivity index (χ0) is 36.7. The Bertz CT molecular complexity index is 1240. The van der Waals surface area contributed by atoms with Gasteiger partial charge in [-0.3, -0.25) is 9.59 Å². The molecule has 9 nitrogen and oxygen atoms in total. The van der Waals surface area contributed by atoms with Crippen LogP contribution in [0.25, 0.3) is 0 Å². The highest BCUT2D eigenvalue weighted by Gasteiger charge is 2.29. The van der Waals surface area contributed by atoms with E-state index in [1.807, 2.05) is 44.3 Å². The molecule has 0 saturated carbocycles. The predicted octanol–water partition coefficient (Wildman–Crippen LogP) is 7.94. The molecule has 0 unspecified atom stereocenters. The van der Waals surface area contributed by atoms with Gasteiger partial charge in [0, 0.05) is 50.9 Å². The van der Waals surface area contributed by atoms with Crippen LogP contribution in [-0.2, 0) is 20.7 Å². The first-order valence-corrected chi connectivity index (χ1v) is 19.2. The van der Waals surface area contributed by atoms with Crippen LogP contribution in [0.5, 0.6) is 0 Å². The maximum absolute atomic E-state index is 12.5. The highest BCUT2D eigenvalue weighted by molar-refractivity contribution is 6.42. The molecule has 0 aliphatic carbocycles. The Balaban J connectivity index is 0.000000323. The van der Waals surface area contributed by atoms with Gasteiger partial charge in [0.25, 0.3) is 0 Å². The molecule has 2 amide bonds. The van der Waals surface area contributed by atoms with Crippen LogP contribution in [-0.4, -0.2) is 104 Å². The van der Waals surface area contributed by atoms with Gasteiger partial charge in [-0.25, -0.2) is 4.79 Å². The number of carbonyl (C=O) groups is 3. The van der Waals surface area contributed by atoms with Crippen LogP contribution >= 0.6 is 23.2 Å². The first-order chi connectivity index (χ1) is 24.2. The van der Waals surface area contributed by atoms with Crippen LogP contribution in [0.3, 0.4) is 0 Å². The third-order valence-electron chi connectivity index (χ3n) is 9.11. The summed E-state index contributed by atoms with van der Waals surface area (Å²) in [7, 11) is 1.91. The normalized spacial score (nSPS) is 15.6. The number of ether oxygens (including phenoxy) is 1. The molecule has 2 aliphatic rings. The third kappa shape index (κ3) is 16.0. The molecule has 2 heterocycles. The van der Waals surface area contributed by atoms with Crippen molar-refractivity contribution in [3.05, 3.63) is 64.1 Å². The summed E-state index contributed by atoms with van der Waals surface area (Å²) in [5.41, 5.74) is 1.93. The Kier molecular flexibility index (Phi) is 21.8. The number of para-hydroxylation sites is 1. The van der Waals surface area contributed by atoms with Gasteiger partial charge in [-0.2, -0.15) is 0 Å². The fourth-order valence-corrected chi connectivity index (χ4v) is 6.53. The number of nitrogens with zero attached hydrogens (tertiary/aromatic N) is 3. The zero-order valence-electron chi connectivity index (χ0n) is 31.0. The van der Waals surface area contributed by atoms with E-state index in [0.29, 0.717) is 42.5 Å². The molecule has 0 aromatic heterocycles. The number of benzene rings is 2. The number of carbonyl (C=O) groups excluding carboxylic acids is 3. The fourth-order valence-electron chi connectivity index (χ4n) is 6.21. The Morgan fingerprint density at radius 3 is 2.10 bits per heavy atom. The van der Waals surface area contributed by atoms with Gasteiger partial charge in [0.1, 0.15) is 0 Å². The van der Waals surface area contributed by atoms with Gasteiger partial charge in [0.15, 0.2) is 11.9 Å². The molecule has 0 spiro atoms. The molecule has 2 saturated heterocycles. The van der Waals surface area contributed by atoms with E-state index in [0.717, 1.165) is 30.1 Å². The molecule has 4 rings (SSSR count). The number of piperidine rings is 2. The van der Waals surface area contributed by atoms with Crippen molar-refractivity contribution in [1.82, 2.24) is 20.0 Å². The van der Waals surface area contributed by atoms with Gasteiger partial charge >= 0.3 is 6.09 Å². The summed E-state index contributed by atoms with van der Waals surface area (Å²) in [4.78, 5) is 41.8. The van der Waals surface area contributed by atoms with Crippen LogP contribution in [0.2, 0.25) is 10.0 Å². The molecule has 2 N–H and O–H groups in total. The summed E-state index contributed by atoms with van der Waals surface area (Å²) >= 11 is 11.9. The van der Waals surface area contributed by atoms with Crippen molar-refractivity contribution in [2.24, 2.45) is 0 Å². The molecule has 0 bridgehead atoms. The van der Waals surface area contributed by atoms with E-state index in [9.17, 15) is 14.4 Å². The topological polar surface area (TPSA) is 94.2 Å². The standard InChI is InChI=1S/C20H26Cl2N2O4.C12H26N2.C7H9N/c1-3-8-24(13-25)16-6-9-23(10-7-16)20(27)28-19(14(2)26)12-15-4-5-17(21)18(22)11-15;1-3-5-11-14(10-4-2)12-6-8-13-9-7-12;1-8-7-5-3-2-4-6-7/h4-5,11,13,16,19H,3,6-10,12H2,1-2H3;12-13H,3-11H2,1-2H3;2-6,8H,1H3/t19-;;/m1../s1. The van der Waals surface area contributed by atoms with Crippen LogP contribution in [0.15, 0.2) is 48.5 Å². The molecule has 50 heavy (non-hydrogen) atoms. The Morgan fingerprint density at radius 2 is 1.58 bits per heavy atom. The summed E-state index contributed by atoms with van der Waals surface area (Å²) in [5, 5.41) is 7.29. The van der Waals surface area contributed by atoms with Crippen molar-refractivity contribution >= 4 is 47.2 Å². The number of anilines is 1. The van der Waals surface area contributed by atoms with Crippen molar-refractivity contribution < 1.29 is 19.1 Å². The van der Waals surface area contributed by atoms with Crippen LogP contribution < -0.4 is 10.6 Å². The maximum atomic E-state index is 12.5. The lowest BCUT2D eigenvalue weighted by Crippen LogP contribution is -2.47. The molecular formula is C39H61Cl2N5O4. The van der Waals surface area contributed by atoms with Gasteiger partial charge in [0.05, 0.1) is 10.0 Å². The molecule has 2 aromatic carbocycles. The van der Waals surface area contributed by atoms with Gasteiger partial charge in [-0.15, -0.1) is 0 Å². The average Bonchev–Trinajstić information content (AvgIpc) is 3.14. The van der Waals surface area contributed by atoms with E-state index in [1.165, 1.54) is 65.2 Å². The quantitative estimate of drug-likeness (QED) is 0.180. The lowest BCUT2D eigenvalue weighted by atomic mass is 10.0. The number of amides is 2. The van der Waals surface area contributed by atoms with Crippen molar-refractivity contribution in [2.45, 2.75) is 104 Å². The maximum Gasteiger partial charge on any atom is 0.410 e. The smallest absolute Gasteiger partial charge is 0.410 e. The summed E-state index contributed by atoms with van der Waals surface area (Å²) in [6.45, 7) is 14.8. The largest absolute Gasteiger partial charge is 0.438 e.